The number of hydrogen-bond donors (Lipinski definition) is 0. The van der Waals surface area contributed by atoms with E-state index in [1.165, 1.54) is 11.7 Å². The van der Waals surface area contributed by atoms with Gasteiger partial charge in [0.1, 0.15) is 0 Å². The second-order valence-corrected chi connectivity index (χ2v) is 6.36. The van der Waals surface area contributed by atoms with Crippen LogP contribution in [0.4, 0.5) is 0 Å². The van der Waals surface area contributed by atoms with Gasteiger partial charge in [-0.1, -0.05) is 0 Å². The van der Waals surface area contributed by atoms with Crippen LogP contribution in [0.5, 0.6) is 0 Å². The molecule has 0 atom stereocenters. The Morgan fingerprint density at radius 3 is 2.75 bits per heavy atom. The summed E-state index contributed by atoms with van der Waals surface area (Å²) >= 11 is 0.742. The fourth-order valence-corrected chi connectivity index (χ4v) is 4.86. The molecule has 0 aromatic heterocycles. The van der Waals surface area contributed by atoms with Crippen LogP contribution in [0.15, 0.2) is 24.3 Å². The van der Waals surface area contributed by atoms with Crippen molar-refractivity contribution in [2.24, 2.45) is 0 Å². The Labute approximate surface area is 80.5 Å². The molecule has 1 aromatic carbocycles. The SMILES string of the molecule is CC1(C)CC[Se]c2ccccc21. The van der Waals surface area contributed by atoms with Gasteiger partial charge in [0.15, 0.2) is 0 Å². The Morgan fingerprint density at radius 1 is 1.25 bits per heavy atom. The first-order chi connectivity index (χ1) is 5.70. The van der Waals surface area contributed by atoms with E-state index in [2.05, 4.69) is 38.1 Å². The van der Waals surface area contributed by atoms with Crippen molar-refractivity contribution in [3.63, 3.8) is 0 Å². The molecule has 1 aliphatic heterocycles. The second kappa shape index (κ2) is 2.90. The molecule has 0 radical (unpaired) electrons. The van der Waals surface area contributed by atoms with Gasteiger partial charge in [-0.3, -0.25) is 0 Å². The van der Waals surface area contributed by atoms with Gasteiger partial charge in [0.2, 0.25) is 0 Å². The number of hydrogen-bond acceptors (Lipinski definition) is 0. The van der Waals surface area contributed by atoms with Crippen LogP contribution in [0, 0.1) is 0 Å². The molecule has 0 bridgehead atoms. The number of fused-ring (bicyclic) bond motifs is 1. The minimum atomic E-state index is 0.427. The quantitative estimate of drug-likeness (QED) is 0.593. The van der Waals surface area contributed by atoms with E-state index in [0.29, 0.717) is 5.41 Å². The molecule has 0 fully saturated rings. The summed E-state index contributed by atoms with van der Waals surface area (Å²) in [5.74, 6) is 0. The number of rotatable bonds is 0. The zero-order valence-electron chi connectivity index (χ0n) is 7.63. The molecule has 64 valence electrons. The topological polar surface area (TPSA) is 0 Å². The molecule has 1 heteroatoms. The van der Waals surface area contributed by atoms with Gasteiger partial charge < -0.3 is 0 Å². The zero-order chi connectivity index (χ0) is 8.60. The van der Waals surface area contributed by atoms with Gasteiger partial charge in [0.05, 0.1) is 0 Å². The summed E-state index contributed by atoms with van der Waals surface area (Å²) in [7, 11) is 0. The summed E-state index contributed by atoms with van der Waals surface area (Å²) in [6.45, 7) is 4.72. The summed E-state index contributed by atoms with van der Waals surface area (Å²) in [5, 5.41) is 1.41. The van der Waals surface area contributed by atoms with Crippen molar-refractivity contribution in [3.05, 3.63) is 29.8 Å². The maximum atomic E-state index is 2.36. The Bertz CT molecular complexity index is 289. The third-order valence-corrected chi connectivity index (χ3v) is 4.86. The van der Waals surface area contributed by atoms with Crippen molar-refractivity contribution in [1.82, 2.24) is 0 Å². The first-order valence-electron chi connectivity index (χ1n) is 4.42. The van der Waals surface area contributed by atoms with Gasteiger partial charge in [0.25, 0.3) is 0 Å². The third-order valence-electron chi connectivity index (χ3n) is 2.60. The molecule has 0 N–H and O–H groups in total. The van der Waals surface area contributed by atoms with Crippen LogP contribution in [0.25, 0.3) is 0 Å². The van der Waals surface area contributed by atoms with Crippen molar-refractivity contribution >= 4 is 19.4 Å². The van der Waals surface area contributed by atoms with E-state index in [0.717, 1.165) is 15.0 Å². The van der Waals surface area contributed by atoms with E-state index < -0.39 is 0 Å². The Kier molecular flexibility index (Phi) is 2.02. The molecule has 0 amide bonds. The van der Waals surface area contributed by atoms with E-state index in [1.807, 2.05) is 0 Å². The van der Waals surface area contributed by atoms with E-state index in [4.69, 9.17) is 0 Å². The molecule has 12 heavy (non-hydrogen) atoms. The predicted molar refractivity (Wildman–Crippen MR) is 54.3 cm³/mol. The van der Waals surface area contributed by atoms with Crippen molar-refractivity contribution in [3.8, 4) is 0 Å². The van der Waals surface area contributed by atoms with Gasteiger partial charge >= 0.3 is 80.3 Å². The minimum absolute atomic E-state index is 0.427. The Morgan fingerprint density at radius 2 is 2.00 bits per heavy atom. The van der Waals surface area contributed by atoms with E-state index >= 15 is 0 Å². The fourth-order valence-electron chi connectivity index (χ4n) is 1.70. The summed E-state index contributed by atoms with van der Waals surface area (Å²) in [6, 6.07) is 8.94. The molecule has 0 saturated carbocycles. The summed E-state index contributed by atoms with van der Waals surface area (Å²) < 4.78 is 1.63. The first-order valence-corrected chi connectivity index (χ1v) is 6.49. The molecular formula is C11H14Se. The van der Waals surface area contributed by atoms with Crippen LogP contribution < -0.4 is 4.46 Å². The standard InChI is InChI=1S/C11H14Se/c1-11(2)7-8-12-10-6-4-3-5-9(10)11/h3-6H,7-8H2,1-2H3. The molecule has 0 nitrogen and oxygen atoms in total. The molecule has 1 aliphatic rings. The second-order valence-electron chi connectivity index (χ2n) is 3.98. The van der Waals surface area contributed by atoms with Crippen LogP contribution in [-0.2, 0) is 5.41 Å². The third kappa shape index (κ3) is 1.32. The summed E-state index contributed by atoms with van der Waals surface area (Å²) in [6.07, 6.45) is 1.37. The zero-order valence-corrected chi connectivity index (χ0v) is 9.34. The van der Waals surface area contributed by atoms with E-state index in [-0.39, 0.29) is 0 Å². The average molecular weight is 225 g/mol. The van der Waals surface area contributed by atoms with Crippen LogP contribution in [-0.4, -0.2) is 15.0 Å². The molecule has 1 aromatic rings. The van der Waals surface area contributed by atoms with E-state index in [9.17, 15) is 0 Å². The van der Waals surface area contributed by atoms with Crippen molar-refractivity contribution in [2.75, 3.05) is 0 Å². The maximum absolute atomic E-state index is 2.36. The summed E-state index contributed by atoms with van der Waals surface area (Å²) in [4.78, 5) is 0. The molecule has 0 aliphatic carbocycles. The molecule has 1 heterocycles. The molecule has 2 rings (SSSR count). The Balaban J connectivity index is 2.52. The Hall–Kier alpha value is -0.261. The molecule has 0 spiro atoms. The fraction of sp³-hybridized carbons (Fsp3) is 0.455. The molecular weight excluding hydrogens is 211 g/mol. The van der Waals surface area contributed by atoms with Crippen LogP contribution in [0.3, 0.4) is 0 Å². The van der Waals surface area contributed by atoms with Crippen LogP contribution in [0.2, 0.25) is 5.32 Å². The van der Waals surface area contributed by atoms with Crippen molar-refractivity contribution in [2.45, 2.75) is 31.0 Å². The average Bonchev–Trinajstić information content (AvgIpc) is 2.04. The van der Waals surface area contributed by atoms with Gasteiger partial charge in [-0.2, -0.15) is 0 Å². The van der Waals surface area contributed by atoms with Crippen LogP contribution >= 0.6 is 0 Å². The van der Waals surface area contributed by atoms with Crippen LogP contribution in [0.1, 0.15) is 25.8 Å². The predicted octanol–water partition coefficient (Wildman–Crippen LogP) is 2.12. The van der Waals surface area contributed by atoms with Gasteiger partial charge in [-0.15, -0.1) is 0 Å². The first kappa shape index (κ1) is 8.34. The monoisotopic (exact) mass is 226 g/mol. The van der Waals surface area contributed by atoms with E-state index in [1.54, 1.807) is 10.0 Å². The summed E-state index contributed by atoms with van der Waals surface area (Å²) in [5.41, 5.74) is 2.02. The van der Waals surface area contributed by atoms with Crippen molar-refractivity contribution in [1.29, 1.82) is 0 Å². The van der Waals surface area contributed by atoms with Crippen molar-refractivity contribution < 1.29 is 0 Å². The van der Waals surface area contributed by atoms with Gasteiger partial charge in [0, 0.05) is 0 Å². The number of benzene rings is 1. The van der Waals surface area contributed by atoms with Gasteiger partial charge in [-0.25, -0.2) is 0 Å². The molecule has 0 unspecified atom stereocenters. The molecule has 0 saturated heterocycles. The van der Waals surface area contributed by atoms with Gasteiger partial charge in [-0.05, 0) is 0 Å². The normalized spacial score (nSPS) is 20.2.